The van der Waals surface area contributed by atoms with Crippen LogP contribution in [0.3, 0.4) is 0 Å². The summed E-state index contributed by atoms with van der Waals surface area (Å²) >= 11 is 0. The SMILES string of the molecule is COc1ccc(N2CCCS2(=O)=O)cc1NC(=O)COC(=O)C(C)C. The Morgan fingerprint density at radius 1 is 1.32 bits per heavy atom. The molecule has 1 aliphatic heterocycles. The molecule has 2 rings (SSSR count). The molecular weight excluding hydrogens is 348 g/mol. The Morgan fingerprint density at radius 2 is 2.04 bits per heavy atom. The number of esters is 1. The highest BCUT2D eigenvalue weighted by Gasteiger charge is 2.29. The second-order valence-electron chi connectivity index (χ2n) is 5.94. The van der Waals surface area contributed by atoms with Crippen molar-refractivity contribution < 1.29 is 27.5 Å². The monoisotopic (exact) mass is 370 g/mol. The third-order valence-corrected chi connectivity index (χ3v) is 5.53. The van der Waals surface area contributed by atoms with Gasteiger partial charge >= 0.3 is 5.97 Å². The topological polar surface area (TPSA) is 102 Å². The number of hydrogen-bond acceptors (Lipinski definition) is 6. The van der Waals surface area contributed by atoms with E-state index in [-0.39, 0.29) is 11.7 Å². The molecule has 1 aromatic rings. The largest absolute Gasteiger partial charge is 0.495 e. The Kier molecular flexibility index (Phi) is 5.89. The Bertz CT molecular complexity index is 760. The van der Waals surface area contributed by atoms with Gasteiger partial charge in [0.2, 0.25) is 10.0 Å². The van der Waals surface area contributed by atoms with Crippen LogP contribution in [0.4, 0.5) is 11.4 Å². The second-order valence-corrected chi connectivity index (χ2v) is 7.95. The number of anilines is 2. The van der Waals surface area contributed by atoms with E-state index in [0.717, 1.165) is 0 Å². The maximum Gasteiger partial charge on any atom is 0.308 e. The number of carbonyl (C=O) groups excluding carboxylic acids is 2. The van der Waals surface area contributed by atoms with Crippen LogP contribution < -0.4 is 14.4 Å². The molecule has 1 aromatic carbocycles. The van der Waals surface area contributed by atoms with Crippen molar-refractivity contribution in [2.24, 2.45) is 5.92 Å². The van der Waals surface area contributed by atoms with Crippen LogP contribution in [0.15, 0.2) is 18.2 Å². The first-order chi connectivity index (χ1) is 11.7. The van der Waals surface area contributed by atoms with Gasteiger partial charge in [0.25, 0.3) is 5.91 Å². The van der Waals surface area contributed by atoms with E-state index in [1.807, 2.05) is 0 Å². The number of rotatable bonds is 6. The summed E-state index contributed by atoms with van der Waals surface area (Å²) in [6, 6.07) is 4.74. The van der Waals surface area contributed by atoms with E-state index in [1.165, 1.54) is 17.5 Å². The van der Waals surface area contributed by atoms with E-state index in [1.54, 1.807) is 26.0 Å². The third-order valence-electron chi connectivity index (χ3n) is 3.66. The first kappa shape index (κ1) is 19.0. The van der Waals surface area contributed by atoms with Crippen LogP contribution in [0.2, 0.25) is 0 Å². The van der Waals surface area contributed by atoms with Gasteiger partial charge in [-0.05, 0) is 24.6 Å². The van der Waals surface area contributed by atoms with Crippen molar-refractivity contribution in [1.82, 2.24) is 0 Å². The molecule has 0 spiro atoms. The van der Waals surface area contributed by atoms with Crippen LogP contribution in [0.1, 0.15) is 20.3 Å². The summed E-state index contributed by atoms with van der Waals surface area (Å²) in [4.78, 5) is 23.4. The number of sulfonamides is 1. The van der Waals surface area contributed by atoms with E-state index >= 15 is 0 Å². The summed E-state index contributed by atoms with van der Waals surface area (Å²) in [7, 11) is -1.88. The number of benzene rings is 1. The zero-order valence-electron chi connectivity index (χ0n) is 14.4. The summed E-state index contributed by atoms with van der Waals surface area (Å²) in [5.74, 6) is -0.853. The van der Waals surface area contributed by atoms with Crippen LogP contribution >= 0.6 is 0 Å². The summed E-state index contributed by atoms with van der Waals surface area (Å²) in [5.41, 5.74) is 0.764. The van der Waals surface area contributed by atoms with Gasteiger partial charge in [-0.25, -0.2) is 8.42 Å². The van der Waals surface area contributed by atoms with Gasteiger partial charge in [0, 0.05) is 6.54 Å². The minimum atomic E-state index is -3.33. The van der Waals surface area contributed by atoms with E-state index in [0.29, 0.717) is 30.1 Å². The van der Waals surface area contributed by atoms with Gasteiger partial charge in [-0.2, -0.15) is 0 Å². The van der Waals surface area contributed by atoms with Crippen molar-refractivity contribution in [2.45, 2.75) is 20.3 Å². The smallest absolute Gasteiger partial charge is 0.308 e. The maximum absolute atomic E-state index is 12.0. The summed E-state index contributed by atoms with van der Waals surface area (Å²) in [6.45, 7) is 3.31. The Morgan fingerprint density at radius 3 is 2.60 bits per heavy atom. The molecule has 25 heavy (non-hydrogen) atoms. The molecule has 1 aliphatic rings. The van der Waals surface area contributed by atoms with Gasteiger partial charge in [-0.3, -0.25) is 13.9 Å². The first-order valence-corrected chi connectivity index (χ1v) is 9.50. The number of ether oxygens (including phenoxy) is 2. The lowest BCUT2D eigenvalue weighted by Crippen LogP contribution is -2.26. The van der Waals surface area contributed by atoms with Crippen LogP contribution in [0.25, 0.3) is 0 Å². The molecule has 0 saturated carbocycles. The zero-order valence-corrected chi connectivity index (χ0v) is 15.3. The fourth-order valence-corrected chi connectivity index (χ4v) is 3.92. The standard InChI is InChI=1S/C16H22N2O6S/c1-11(2)16(20)24-10-15(19)17-13-9-12(5-6-14(13)23-3)18-7-4-8-25(18,21)22/h5-6,9,11H,4,7-8,10H2,1-3H3,(H,17,19). The van der Waals surface area contributed by atoms with E-state index in [2.05, 4.69) is 5.32 Å². The molecule has 1 saturated heterocycles. The highest BCUT2D eigenvalue weighted by atomic mass is 32.2. The minimum Gasteiger partial charge on any atom is -0.495 e. The summed E-state index contributed by atoms with van der Waals surface area (Å²) in [6.07, 6.45) is 0.557. The predicted octanol–water partition coefficient (Wildman–Crippen LogP) is 1.37. The molecule has 1 fully saturated rings. The van der Waals surface area contributed by atoms with Gasteiger partial charge < -0.3 is 14.8 Å². The van der Waals surface area contributed by atoms with E-state index in [4.69, 9.17) is 9.47 Å². The third kappa shape index (κ3) is 4.62. The first-order valence-electron chi connectivity index (χ1n) is 7.89. The highest BCUT2D eigenvalue weighted by molar-refractivity contribution is 7.93. The Balaban J connectivity index is 2.15. The van der Waals surface area contributed by atoms with Crippen molar-refractivity contribution in [3.05, 3.63) is 18.2 Å². The molecule has 9 heteroatoms. The van der Waals surface area contributed by atoms with Gasteiger partial charge in [-0.15, -0.1) is 0 Å². The average molecular weight is 370 g/mol. The molecule has 0 radical (unpaired) electrons. The molecule has 0 unspecified atom stereocenters. The highest BCUT2D eigenvalue weighted by Crippen LogP contribution is 2.32. The Labute approximate surface area is 147 Å². The van der Waals surface area contributed by atoms with Gasteiger partial charge in [0.15, 0.2) is 6.61 Å². The minimum absolute atomic E-state index is 0.103. The lowest BCUT2D eigenvalue weighted by molar-refractivity contribution is -0.150. The molecule has 1 heterocycles. The fourth-order valence-electron chi connectivity index (χ4n) is 2.37. The predicted molar refractivity (Wildman–Crippen MR) is 93.2 cm³/mol. The lowest BCUT2D eigenvalue weighted by atomic mass is 10.2. The van der Waals surface area contributed by atoms with Crippen molar-refractivity contribution in [2.75, 3.05) is 35.6 Å². The van der Waals surface area contributed by atoms with Crippen LogP contribution in [0, 0.1) is 5.92 Å². The molecule has 8 nitrogen and oxygen atoms in total. The number of carbonyl (C=O) groups is 2. The molecule has 1 amide bonds. The second kappa shape index (κ2) is 7.73. The number of nitrogens with one attached hydrogen (secondary N) is 1. The van der Waals surface area contributed by atoms with Gasteiger partial charge in [-0.1, -0.05) is 13.8 Å². The Hall–Kier alpha value is -2.29. The molecule has 0 aromatic heterocycles. The molecule has 0 aliphatic carbocycles. The number of methoxy groups -OCH3 is 1. The fraction of sp³-hybridized carbons (Fsp3) is 0.500. The van der Waals surface area contributed by atoms with Crippen molar-refractivity contribution in [1.29, 1.82) is 0 Å². The average Bonchev–Trinajstić information content (AvgIpc) is 2.91. The summed E-state index contributed by atoms with van der Waals surface area (Å²) in [5, 5.41) is 2.58. The van der Waals surface area contributed by atoms with Gasteiger partial charge in [0.1, 0.15) is 5.75 Å². The molecule has 138 valence electrons. The van der Waals surface area contributed by atoms with Crippen molar-refractivity contribution >= 4 is 33.3 Å². The lowest BCUT2D eigenvalue weighted by Gasteiger charge is -2.19. The number of nitrogens with zero attached hydrogens (tertiary/aromatic N) is 1. The van der Waals surface area contributed by atoms with E-state index in [9.17, 15) is 18.0 Å². The molecule has 0 atom stereocenters. The van der Waals surface area contributed by atoms with Crippen LogP contribution in [-0.4, -0.2) is 46.3 Å². The normalized spacial score (nSPS) is 15.9. The molecule has 0 bridgehead atoms. The van der Waals surface area contributed by atoms with Crippen molar-refractivity contribution in [3.8, 4) is 5.75 Å². The summed E-state index contributed by atoms with van der Waals surface area (Å²) < 4.78 is 35.5. The van der Waals surface area contributed by atoms with Gasteiger partial charge in [0.05, 0.1) is 30.2 Å². The molecule has 1 N–H and O–H groups in total. The number of hydrogen-bond donors (Lipinski definition) is 1. The zero-order chi connectivity index (χ0) is 18.6. The maximum atomic E-state index is 12.0. The van der Waals surface area contributed by atoms with Crippen LogP contribution in [-0.2, 0) is 24.3 Å². The number of amides is 1. The molecular formula is C16H22N2O6S. The quantitative estimate of drug-likeness (QED) is 0.759. The van der Waals surface area contributed by atoms with E-state index < -0.39 is 28.5 Å². The van der Waals surface area contributed by atoms with Crippen molar-refractivity contribution in [3.63, 3.8) is 0 Å². The van der Waals surface area contributed by atoms with Crippen LogP contribution in [0.5, 0.6) is 5.75 Å².